The van der Waals surface area contributed by atoms with E-state index in [-0.39, 0.29) is 28.6 Å². The topological polar surface area (TPSA) is 9.72 Å². The van der Waals surface area contributed by atoms with Gasteiger partial charge in [0, 0.05) is 50.6 Å². The Labute approximate surface area is 310 Å². The van der Waals surface area contributed by atoms with Gasteiger partial charge in [-0.05, 0) is 123 Å². The predicted molar refractivity (Wildman–Crippen MR) is 221 cm³/mol. The van der Waals surface area contributed by atoms with E-state index in [1.54, 1.807) is 5.56 Å². The van der Waals surface area contributed by atoms with Crippen LogP contribution in [0.5, 0.6) is 0 Å². The highest BCUT2D eigenvalue weighted by molar-refractivity contribution is 7.00. The van der Waals surface area contributed by atoms with Gasteiger partial charge in [-0.25, -0.2) is 0 Å². The highest BCUT2D eigenvalue weighted by Crippen LogP contribution is 2.65. The molecule has 4 unspecified atom stereocenters. The summed E-state index contributed by atoms with van der Waals surface area (Å²) in [5.74, 6) is 0. The molecule has 52 heavy (non-hydrogen) atoms. The quantitative estimate of drug-likeness (QED) is 0.169. The Kier molecular flexibility index (Phi) is 6.08. The molecule has 11 rings (SSSR count). The highest BCUT2D eigenvalue weighted by Gasteiger charge is 2.63. The van der Waals surface area contributed by atoms with Crippen molar-refractivity contribution in [2.45, 2.75) is 115 Å². The fraction of sp³-hybridized carbons (Fsp3) is 0.375. The second-order valence-corrected chi connectivity index (χ2v) is 18.0. The van der Waals surface area contributed by atoms with Gasteiger partial charge in [-0.15, -0.1) is 0 Å². The van der Waals surface area contributed by atoms with Gasteiger partial charge in [0.25, 0.3) is 6.71 Å². The fourth-order valence-electron chi connectivity index (χ4n) is 13.0. The normalized spacial score (nSPS) is 28.9. The van der Waals surface area contributed by atoms with Crippen molar-refractivity contribution < 1.29 is 0 Å². The number of fused-ring (bicyclic) bond motifs is 10. The molecule has 3 nitrogen and oxygen atoms in total. The maximum absolute atomic E-state index is 2.93. The van der Waals surface area contributed by atoms with E-state index in [0.717, 1.165) is 0 Å². The van der Waals surface area contributed by atoms with Gasteiger partial charge < -0.3 is 14.7 Å². The lowest BCUT2D eigenvalue weighted by Crippen LogP contribution is -2.65. The number of aryl methyl sites for hydroxylation is 2. The Bertz CT molecular complexity index is 2350. The summed E-state index contributed by atoms with van der Waals surface area (Å²) < 4.78 is 0. The van der Waals surface area contributed by atoms with E-state index in [1.807, 2.05) is 0 Å². The Morgan fingerprint density at radius 2 is 1.13 bits per heavy atom. The van der Waals surface area contributed by atoms with Crippen molar-refractivity contribution in [1.82, 2.24) is 0 Å². The van der Waals surface area contributed by atoms with E-state index in [1.165, 1.54) is 124 Å². The molecule has 0 N–H and O–H groups in total. The summed E-state index contributed by atoms with van der Waals surface area (Å²) >= 11 is 0. The number of rotatable bonds is 2. The Balaban J connectivity index is 1.29. The van der Waals surface area contributed by atoms with Gasteiger partial charge in [-0.1, -0.05) is 106 Å². The van der Waals surface area contributed by atoms with Gasteiger partial charge in [-0.2, -0.15) is 0 Å². The Morgan fingerprint density at radius 3 is 1.90 bits per heavy atom. The average Bonchev–Trinajstić information content (AvgIpc) is 3.50. The SMILES string of the molecule is Cc1cc(C)c2c3c1B1c4ccccc4N(c4ccccc4)c4cc(N5c6ccccc6C6(C)CCCCC56C)cc(c41)N3C1(C)CCCCC21C. The molecule has 0 saturated heterocycles. The third-order valence-corrected chi connectivity index (χ3v) is 15.7. The lowest BCUT2D eigenvalue weighted by Gasteiger charge is -2.54. The van der Waals surface area contributed by atoms with Crippen LogP contribution in [0.4, 0.5) is 39.8 Å². The molecular formula is C48H50BN3. The molecule has 5 aromatic rings. The van der Waals surface area contributed by atoms with E-state index in [9.17, 15) is 0 Å². The number of hydrogen-bond acceptors (Lipinski definition) is 3. The van der Waals surface area contributed by atoms with Gasteiger partial charge in [-0.3, -0.25) is 0 Å². The molecule has 0 radical (unpaired) electrons. The molecule has 6 aliphatic rings. The molecular weight excluding hydrogens is 629 g/mol. The van der Waals surface area contributed by atoms with Crippen LogP contribution in [0.15, 0.2) is 97.1 Å². The maximum atomic E-state index is 2.93. The largest absolute Gasteiger partial charge is 0.335 e. The zero-order valence-corrected chi connectivity index (χ0v) is 31.8. The second kappa shape index (κ2) is 10.2. The summed E-state index contributed by atoms with van der Waals surface area (Å²) in [6.45, 7) is 15.4. The molecule has 4 atom stereocenters. The number of anilines is 7. The first-order chi connectivity index (χ1) is 25.1. The summed E-state index contributed by atoms with van der Waals surface area (Å²) in [4.78, 5) is 8.34. The number of benzene rings is 5. The molecule has 2 aliphatic carbocycles. The highest BCUT2D eigenvalue weighted by atomic mass is 15.3. The molecule has 5 aromatic carbocycles. The lowest BCUT2D eigenvalue weighted by atomic mass is 9.32. The summed E-state index contributed by atoms with van der Waals surface area (Å²) in [6, 6.07) is 37.7. The monoisotopic (exact) mass is 679 g/mol. The van der Waals surface area contributed by atoms with Crippen LogP contribution < -0.4 is 31.1 Å². The van der Waals surface area contributed by atoms with Crippen LogP contribution in [0, 0.1) is 13.8 Å². The molecule has 4 aliphatic heterocycles. The standard InChI is InChI=1S/C48H50BN3/c1-31-28-32(2)42-44-41(31)46(4)25-15-17-27-48(46,6)52(44)40-30-34(51-37-22-12-10-20-35(37)45(3)24-14-16-26-47(45,51)5)29-39-43(40)49(42)36-21-11-13-23-38(36)50(39)33-18-8-7-9-19-33/h7-13,18-23,28-30H,14-17,24-27H2,1-6H3. The zero-order valence-electron chi connectivity index (χ0n) is 31.8. The van der Waals surface area contributed by atoms with Gasteiger partial charge in [0.2, 0.25) is 0 Å². The van der Waals surface area contributed by atoms with E-state index in [4.69, 9.17) is 0 Å². The lowest BCUT2D eigenvalue weighted by molar-refractivity contribution is 0.193. The minimum atomic E-state index is -0.0153. The van der Waals surface area contributed by atoms with Gasteiger partial charge in [0.1, 0.15) is 0 Å². The molecule has 0 spiro atoms. The van der Waals surface area contributed by atoms with Crippen LogP contribution in [0.25, 0.3) is 0 Å². The van der Waals surface area contributed by atoms with Crippen LogP contribution >= 0.6 is 0 Å². The fourth-order valence-corrected chi connectivity index (χ4v) is 13.0. The van der Waals surface area contributed by atoms with Crippen molar-refractivity contribution in [1.29, 1.82) is 0 Å². The first-order valence-electron chi connectivity index (χ1n) is 20.1. The molecule has 2 fully saturated rings. The van der Waals surface area contributed by atoms with Gasteiger partial charge in [0.15, 0.2) is 0 Å². The Morgan fingerprint density at radius 1 is 0.519 bits per heavy atom. The van der Waals surface area contributed by atoms with E-state index in [2.05, 4.69) is 153 Å². The summed E-state index contributed by atoms with van der Waals surface area (Å²) in [5, 5.41) is 0. The summed E-state index contributed by atoms with van der Waals surface area (Å²) in [6.07, 6.45) is 10.0. The van der Waals surface area contributed by atoms with Crippen molar-refractivity contribution in [2.75, 3.05) is 14.7 Å². The van der Waals surface area contributed by atoms with Crippen LogP contribution in [0.2, 0.25) is 0 Å². The van der Waals surface area contributed by atoms with E-state index in [0.29, 0.717) is 0 Å². The minimum absolute atomic E-state index is 0.0149. The third-order valence-electron chi connectivity index (χ3n) is 15.7. The summed E-state index contributed by atoms with van der Waals surface area (Å²) in [7, 11) is 0. The molecule has 0 bridgehead atoms. The molecule has 4 heterocycles. The van der Waals surface area contributed by atoms with Crippen molar-refractivity contribution in [3.05, 3.63) is 119 Å². The minimum Gasteiger partial charge on any atom is -0.335 e. The van der Waals surface area contributed by atoms with E-state index < -0.39 is 0 Å². The molecule has 0 amide bonds. The molecule has 0 aromatic heterocycles. The summed E-state index contributed by atoms with van der Waals surface area (Å²) in [5.41, 5.74) is 20.2. The van der Waals surface area contributed by atoms with Crippen molar-refractivity contribution in [3.63, 3.8) is 0 Å². The maximum Gasteiger partial charge on any atom is 0.252 e. The Hall–Kier alpha value is -4.44. The second-order valence-electron chi connectivity index (χ2n) is 18.0. The van der Waals surface area contributed by atoms with Crippen LogP contribution in [0.3, 0.4) is 0 Å². The van der Waals surface area contributed by atoms with E-state index >= 15 is 0 Å². The van der Waals surface area contributed by atoms with Crippen molar-refractivity contribution >= 4 is 62.9 Å². The molecule has 260 valence electrons. The first-order valence-corrected chi connectivity index (χ1v) is 20.1. The smallest absolute Gasteiger partial charge is 0.252 e. The van der Waals surface area contributed by atoms with Crippen LogP contribution in [0.1, 0.15) is 101 Å². The van der Waals surface area contributed by atoms with Crippen molar-refractivity contribution in [2.24, 2.45) is 0 Å². The predicted octanol–water partition coefficient (Wildman–Crippen LogP) is 10.4. The van der Waals surface area contributed by atoms with Crippen LogP contribution in [-0.2, 0) is 10.8 Å². The number of para-hydroxylation sites is 3. The number of hydrogen-bond donors (Lipinski definition) is 0. The van der Waals surface area contributed by atoms with Gasteiger partial charge >= 0.3 is 0 Å². The average molecular weight is 680 g/mol. The molecule has 2 saturated carbocycles. The third kappa shape index (κ3) is 3.47. The van der Waals surface area contributed by atoms with Gasteiger partial charge in [0.05, 0.1) is 11.1 Å². The number of nitrogens with zero attached hydrogens (tertiary/aromatic N) is 3. The first kappa shape index (κ1) is 31.1. The zero-order chi connectivity index (χ0) is 35.4. The van der Waals surface area contributed by atoms with Crippen molar-refractivity contribution in [3.8, 4) is 0 Å². The van der Waals surface area contributed by atoms with Crippen LogP contribution in [-0.4, -0.2) is 17.8 Å². The molecule has 4 heteroatoms.